The second-order valence-electron chi connectivity index (χ2n) is 10.8. The molecule has 2 aliphatic rings. The van der Waals surface area contributed by atoms with Crippen LogP contribution in [0.15, 0.2) is 21.8 Å². The fraction of sp³-hybridized carbons (Fsp3) is 0.520. The van der Waals surface area contributed by atoms with Crippen LogP contribution in [0.5, 0.6) is 0 Å². The first-order valence-corrected chi connectivity index (χ1v) is 14.4. The Bertz CT molecular complexity index is 1380. The van der Waals surface area contributed by atoms with Crippen molar-refractivity contribution in [2.24, 2.45) is 5.16 Å². The number of nitrogens with zero attached hydrogens (tertiary/aromatic N) is 3. The molecule has 4 N–H and O–H groups in total. The zero-order valence-electron chi connectivity index (χ0n) is 23.7. The number of ether oxygens (including phenoxy) is 2. The number of esters is 2. The van der Waals surface area contributed by atoms with Crippen LogP contribution < -0.4 is 11.1 Å². The van der Waals surface area contributed by atoms with Crippen molar-refractivity contribution in [3.8, 4) is 0 Å². The number of carboxylic acids is 1. The molecule has 17 heteroatoms. The summed E-state index contributed by atoms with van der Waals surface area (Å²) >= 11 is 2.17. The van der Waals surface area contributed by atoms with Gasteiger partial charge in [-0.1, -0.05) is 5.16 Å². The topological polar surface area (TPSA) is 217 Å². The summed E-state index contributed by atoms with van der Waals surface area (Å²) in [7, 11) is 0. The number of anilines is 1. The van der Waals surface area contributed by atoms with Gasteiger partial charge in [0.2, 0.25) is 5.60 Å². The van der Waals surface area contributed by atoms with Crippen molar-refractivity contribution in [2.45, 2.75) is 70.6 Å². The second kappa shape index (κ2) is 12.5. The third kappa shape index (κ3) is 7.64. The van der Waals surface area contributed by atoms with E-state index in [0.717, 1.165) is 28.0 Å². The summed E-state index contributed by atoms with van der Waals surface area (Å²) in [6.07, 6.45) is -0.463. The maximum Gasteiger partial charge on any atom is 0.353 e. The fourth-order valence-electron chi connectivity index (χ4n) is 3.62. The van der Waals surface area contributed by atoms with E-state index in [0.29, 0.717) is 0 Å². The molecule has 2 atom stereocenters. The summed E-state index contributed by atoms with van der Waals surface area (Å²) in [6.45, 7) is 8.63. The molecule has 1 aromatic heterocycles. The number of carbonyl (C=O) groups is 6. The third-order valence-corrected chi connectivity index (χ3v) is 7.59. The molecule has 0 aromatic carbocycles. The van der Waals surface area contributed by atoms with Crippen molar-refractivity contribution in [1.82, 2.24) is 15.2 Å². The lowest BCUT2D eigenvalue weighted by Gasteiger charge is -2.49. The zero-order chi connectivity index (χ0) is 31.6. The first-order chi connectivity index (χ1) is 19.4. The molecule has 42 heavy (non-hydrogen) atoms. The number of hydrogen-bond donors (Lipinski definition) is 3. The summed E-state index contributed by atoms with van der Waals surface area (Å²) in [4.78, 5) is 84.3. The van der Waals surface area contributed by atoms with E-state index in [1.54, 1.807) is 20.8 Å². The van der Waals surface area contributed by atoms with Gasteiger partial charge in [0.1, 0.15) is 47.2 Å². The van der Waals surface area contributed by atoms with E-state index in [-0.39, 0.29) is 33.6 Å². The van der Waals surface area contributed by atoms with Crippen LogP contribution in [0.4, 0.5) is 5.13 Å². The van der Waals surface area contributed by atoms with E-state index < -0.39 is 71.2 Å². The highest BCUT2D eigenvalue weighted by atomic mass is 32.2. The van der Waals surface area contributed by atoms with Crippen LogP contribution in [0.2, 0.25) is 0 Å². The zero-order valence-corrected chi connectivity index (χ0v) is 25.3. The monoisotopic (exact) mass is 625 g/mol. The van der Waals surface area contributed by atoms with Crippen LogP contribution >= 0.6 is 23.1 Å². The number of thiazole rings is 1. The summed E-state index contributed by atoms with van der Waals surface area (Å²) in [6, 6.07) is -1.14. The summed E-state index contributed by atoms with van der Waals surface area (Å²) in [5, 5.41) is 17.0. The molecule has 0 unspecified atom stereocenters. The van der Waals surface area contributed by atoms with Gasteiger partial charge in [-0.25, -0.2) is 14.6 Å². The van der Waals surface area contributed by atoms with Gasteiger partial charge in [-0.3, -0.25) is 24.1 Å². The smallest absolute Gasteiger partial charge is 0.353 e. The van der Waals surface area contributed by atoms with Gasteiger partial charge in [-0.2, -0.15) is 0 Å². The second-order valence-corrected chi connectivity index (χ2v) is 12.8. The number of nitrogens with two attached hydrogens (primary N) is 1. The lowest BCUT2D eigenvalue weighted by molar-refractivity contribution is -0.179. The molecule has 3 heterocycles. The number of hydrogen-bond acceptors (Lipinski definition) is 14. The number of carbonyl (C=O) groups excluding carboxylic acids is 5. The number of amides is 2. The Balaban J connectivity index is 1.79. The van der Waals surface area contributed by atoms with E-state index in [1.807, 2.05) is 0 Å². The number of thioether (sulfide) groups is 1. The Morgan fingerprint density at radius 2 is 1.88 bits per heavy atom. The number of aromatic nitrogens is 1. The van der Waals surface area contributed by atoms with Crippen LogP contribution in [0.1, 0.15) is 53.7 Å². The number of oxime groups is 1. The highest BCUT2D eigenvalue weighted by Gasteiger charge is 2.54. The highest BCUT2D eigenvalue weighted by molar-refractivity contribution is 8.00. The first-order valence-electron chi connectivity index (χ1n) is 12.5. The van der Waals surface area contributed by atoms with E-state index in [2.05, 4.69) is 15.5 Å². The number of rotatable bonds is 11. The first kappa shape index (κ1) is 32.5. The number of ketones is 1. The number of aliphatic carboxylic acids is 1. The lowest BCUT2D eigenvalue weighted by atomic mass is 10.0. The average molecular weight is 626 g/mol. The Morgan fingerprint density at radius 1 is 1.21 bits per heavy atom. The fourth-order valence-corrected chi connectivity index (χ4v) is 5.50. The molecule has 0 aliphatic carbocycles. The predicted octanol–water partition coefficient (Wildman–Crippen LogP) is 0.827. The van der Waals surface area contributed by atoms with Crippen LogP contribution in [0.3, 0.4) is 0 Å². The van der Waals surface area contributed by atoms with Crippen molar-refractivity contribution >= 4 is 69.4 Å². The molecule has 1 fully saturated rings. The summed E-state index contributed by atoms with van der Waals surface area (Å²) in [5.74, 6) is -4.93. The van der Waals surface area contributed by atoms with E-state index in [4.69, 9.17) is 20.0 Å². The van der Waals surface area contributed by atoms with E-state index in [9.17, 15) is 33.9 Å². The largest absolute Gasteiger partial charge is 0.477 e. The van der Waals surface area contributed by atoms with Gasteiger partial charge in [0.15, 0.2) is 10.8 Å². The van der Waals surface area contributed by atoms with Gasteiger partial charge in [0.25, 0.3) is 11.8 Å². The van der Waals surface area contributed by atoms with Gasteiger partial charge in [-0.05, 0) is 41.5 Å². The molecule has 3 rings (SSSR count). The van der Waals surface area contributed by atoms with Gasteiger partial charge < -0.3 is 30.5 Å². The molecular formula is C25H31N5O10S2. The minimum Gasteiger partial charge on any atom is -0.477 e. The number of β-lactam (4-membered cyclic amide) rings is 1. The molecule has 0 saturated carbocycles. The summed E-state index contributed by atoms with van der Waals surface area (Å²) in [5.41, 5.74) is 2.75. The normalized spacial score (nSPS) is 19.0. The Morgan fingerprint density at radius 3 is 2.43 bits per heavy atom. The minimum atomic E-state index is -1.60. The minimum absolute atomic E-state index is 0.0238. The molecule has 0 bridgehead atoms. The molecular weight excluding hydrogens is 594 g/mol. The van der Waals surface area contributed by atoms with Crippen molar-refractivity contribution in [2.75, 3.05) is 18.1 Å². The van der Waals surface area contributed by atoms with Crippen LogP contribution in [-0.4, -0.2) is 91.2 Å². The molecule has 0 spiro atoms. The molecule has 2 aliphatic heterocycles. The molecule has 228 valence electrons. The van der Waals surface area contributed by atoms with Crippen LogP contribution in [0.25, 0.3) is 0 Å². The molecule has 1 aromatic rings. The maximum atomic E-state index is 13.3. The van der Waals surface area contributed by atoms with Gasteiger partial charge in [-0.15, -0.1) is 23.1 Å². The van der Waals surface area contributed by atoms with E-state index in [1.165, 1.54) is 26.2 Å². The predicted molar refractivity (Wildman–Crippen MR) is 150 cm³/mol. The Labute approximate surface area is 248 Å². The average Bonchev–Trinajstić information content (AvgIpc) is 3.29. The van der Waals surface area contributed by atoms with Crippen LogP contribution in [-0.2, 0) is 43.1 Å². The quantitative estimate of drug-likeness (QED) is 0.102. The van der Waals surface area contributed by atoms with Crippen molar-refractivity contribution in [3.63, 3.8) is 0 Å². The highest BCUT2D eigenvalue weighted by Crippen LogP contribution is 2.40. The number of carboxylic acid groups (broad SMARTS) is 1. The molecule has 2 amide bonds. The molecule has 15 nitrogen and oxygen atoms in total. The number of nitrogens with one attached hydrogen (secondary N) is 1. The number of Topliss-reactive ketones (excluding diaryl/α,β-unsaturated/α-hetero) is 1. The van der Waals surface area contributed by atoms with Gasteiger partial charge in [0, 0.05) is 16.7 Å². The SMILES string of the molecule is CC(=O)CC(=O)OCC1=C(C(=O)O)N2C(=O)[C@@H](NC(=O)/C(=N\OC(C)(C)C(=O)OC(C)(C)C)c3csc(N)n3)[C@H]2SC1. The van der Waals surface area contributed by atoms with Crippen LogP contribution in [0, 0.1) is 0 Å². The Hall–Kier alpha value is -3.99. The number of fused-ring (bicyclic) bond motifs is 1. The lowest BCUT2D eigenvalue weighted by Crippen LogP contribution is -2.71. The standard InChI is InChI=1S/C25H31N5O10S2/c1-11(31)7-14(32)38-8-12-9-41-20-16(19(34)30(20)17(12)21(35)36)28-18(33)15(13-10-42-23(26)27-13)29-40-25(5,6)22(37)39-24(2,3)4/h10,16,20H,7-9H2,1-6H3,(H2,26,27)(H,28,33)(H,35,36)/b29-15-/t16-,20-/m1/s1. The Kier molecular flexibility index (Phi) is 9.66. The van der Waals surface area contributed by atoms with E-state index >= 15 is 0 Å². The van der Waals surface area contributed by atoms with Gasteiger partial charge in [0.05, 0.1) is 0 Å². The number of nitrogen functional groups attached to an aromatic ring is 1. The van der Waals surface area contributed by atoms with Gasteiger partial charge >= 0.3 is 17.9 Å². The maximum absolute atomic E-state index is 13.3. The molecule has 0 radical (unpaired) electrons. The summed E-state index contributed by atoms with van der Waals surface area (Å²) < 4.78 is 10.3. The molecule has 1 saturated heterocycles. The third-order valence-electron chi connectivity index (χ3n) is 5.57. The van der Waals surface area contributed by atoms with Crippen molar-refractivity contribution in [3.05, 3.63) is 22.3 Å². The van der Waals surface area contributed by atoms with Crippen molar-refractivity contribution < 1.29 is 48.2 Å². The van der Waals surface area contributed by atoms with Crippen molar-refractivity contribution in [1.29, 1.82) is 0 Å².